The first-order chi connectivity index (χ1) is 15.5. The number of esters is 1. The average molecular weight is 439 g/mol. The Kier molecular flexibility index (Phi) is 8.31. The Balaban J connectivity index is 1.52. The van der Waals surface area contributed by atoms with Gasteiger partial charge in [0.15, 0.2) is 6.61 Å². The van der Waals surface area contributed by atoms with Crippen molar-refractivity contribution in [2.24, 2.45) is 0 Å². The van der Waals surface area contributed by atoms with Crippen molar-refractivity contribution in [1.29, 1.82) is 0 Å². The van der Waals surface area contributed by atoms with Crippen LogP contribution in [0.3, 0.4) is 0 Å². The topological polar surface area (TPSA) is 64.6 Å². The van der Waals surface area contributed by atoms with E-state index in [2.05, 4.69) is 10.1 Å². The van der Waals surface area contributed by atoms with E-state index in [1.807, 2.05) is 60.7 Å². The molecule has 0 bridgehead atoms. The Morgan fingerprint density at radius 2 is 1.44 bits per heavy atom. The number of hydrogen-bond acceptors (Lipinski definition) is 4. The van der Waals surface area contributed by atoms with Gasteiger partial charge in [0.2, 0.25) is 0 Å². The molecule has 0 spiro atoms. The fraction of sp³-hybridized carbons (Fsp3) is 0.200. The summed E-state index contributed by atoms with van der Waals surface area (Å²) in [4.78, 5) is 24.5. The van der Waals surface area contributed by atoms with Crippen LogP contribution in [0.15, 0.2) is 84.9 Å². The van der Waals surface area contributed by atoms with Gasteiger partial charge in [-0.25, -0.2) is 0 Å². The van der Waals surface area contributed by atoms with Crippen molar-refractivity contribution >= 4 is 11.9 Å². The largest absolute Gasteiger partial charge is 0.455 e. The third-order valence-electron chi connectivity index (χ3n) is 4.68. The molecule has 7 heteroatoms. The summed E-state index contributed by atoms with van der Waals surface area (Å²) in [7, 11) is 0. The smallest absolute Gasteiger partial charge is 0.387 e. The Hall–Kier alpha value is -3.74. The van der Waals surface area contributed by atoms with Crippen molar-refractivity contribution in [3.8, 4) is 5.75 Å². The van der Waals surface area contributed by atoms with Gasteiger partial charge in [-0.3, -0.25) is 9.59 Å². The molecule has 0 aliphatic rings. The Morgan fingerprint density at radius 1 is 0.812 bits per heavy atom. The van der Waals surface area contributed by atoms with E-state index >= 15 is 0 Å². The first-order valence-corrected chi connectivity index (χ1v) is 10.1. The van der Waals surface area contributed by atoms with E-state index in [0.29, 0.717) is 12.0 Å². The summed E-state index contributed by atoms with van der Waals surface area (Å²) in [5.41, 5.74) is 2.57. The van der Waals surface area contributed by atoms with E-state index in [0.717, 1.165) is 11.1 Å². The number of alkyl halides is 2. The highest BCUT2D eigenvalue weighted by Gasteiger charge is 2.17. The minimum atomic E-state index is -2.91. The number of amides is 1. The zero-order valence-corrected chi connectivity index (χ0v) is 17.2. The SMILES string of the molecule is O=C(COC(=O)Cc1ccc(OC(F)F)cc1)NC(Cc1ccccc1)c1ccccc1. The monoisotopic (exact) mass is 439 g/mol. The lowest BCUT2D eigenvalue weighted by molar-refractivity contribution is -0.148. The summed E-state index contributed by atoms with van der Waals surface area (Å²) in [6.07, 6.45) is 0.506. The molecule has 0 fully saturated rings. The lowest BCUT2D eigenvalue weighted by atomic mass is 9.99. The number of carbonyl (C=O) groups excluding carboxylic acids is 2. The van der Waals surface area contributed by atoms with Gasteiger partial charge >= 0.3 is 12.6 Å². The number of nitrogens with one attached hydrogen (secondary N) is 1. The van der Waals surface area contributed by atoms with Gasteiger partial charge in [0.05, 0.1) is 12.5 Å². The average Bonchev–Trinajstić information content (AvgIpc) is 2.79. The van der Waals surface area contributed by atoms with E-state index < -0.39 is 25.1 Å². The number of benzene rings is 3. The van der Waals surface area contributed by atoms with E-state index in [1.54, 1.807) is 0 Å². The highest BCUT2D eigenvalue weighted by Crippen LogP contribution is 2.18. The van der Waals surface area contributed by atoms with Crippen LogP contribution < -0.4 is 10.1 Å². The van der Waals surface area contributed by atoms with E-state index in [4.69, 9.17) is 4.74 Å². The second kappa shape index (κ2) is 11.6. The molecule has 3 aromatic rings. The second-order valence-corrected chi connectivity index (χ2v) is 7.08. The van der Waals surface area contributed by atoms with Crippen LogP contribution in [0.1, 0.15) is 22.7 Å². The van der Waals surface area contributed by atoms with Crippen LogP contribution in [0.4, 0.5) is 8.78 Å². The normalized spacial score (nSPS) is 11.6. The molecule has 166 valence electrons. The predicted molar refractivity (Wildman–Crippen MR) is 115 cm³/mol. The van der Waals surface area contributed by atoms with Gasteiger partial charge in [-0.1, -0.05) is 72.8 Å². The zero-order valence-electron chi connectivity index (χ0n) is 17.2. The maximum absolute atomic E-state index is 12.4. The fourth-order valence-electron chi connectivity index (χ4n) is 3.18. The number of carbonyl (C=O) groups is 2. The number of halogens is 2. The first-order valence-electron chi connectivity index (χ1n) is 10.1. The van der Waals surface area contributed by atoms with E-state index in [1.165, 1.54) is 24.3 Å². The van der Waals surface area contributed by atoms with Gasteiger partial charge in [-0.05, 0) is 35.2 Å². The number of rotatable bonds is 10. The molecule has 5 nitrogen and oxygen atoms in total. The van der Waals surface area contributed by atoms with Crippen LogP contribution in [-0.4, -0.2) is 25.1 Å². The maximum atomic E-state index is 12.4. The molecule has 1 N–H and O–H groups in total. The molecule has 32 heavy (non-hydrogen) atoms. The molecule has 0 aromatic heterocycles. The minimum absolute atomic E-state index is 0.00173. The predicted octanol–water partition coefficient (Wildman–Crippen LogP) is 4.47. The van der Waals surface area contributed by atoms with Crippen molar-refractivity contribution in [2.75, 3.05) is 6.61 Å². The van der Waals surface area contributed by atoms with Crippen LogP contribution in [0.25, 0.3) is 0 Å². The summed E-state index contributed by atoms with van der Waals surface area (Å²) in [6, 6.07) is 24.7. The molecule has 3 rings (SSSR count). The third-order valence-corrected chi connectivity index (χ3v) is 4.68. The zero-order chi connectivity index (χ0) is 22.8. The molecule has 3 aromatic carbocycles. The summed E-state index contributed by atoms with van der Waals surface area (Å²) in [6.45, 7) is -3.32. The Bertz CT molecular complexity index is 995. The molecular weight excluding hydrogens is 416 g/mol. The van der Waals surface area contributed by atoms with Crippen molar-refractivity contribution in [1.82, 2.24) is 5.32 Å². The highest BCUT2D eigenvalue weighted by atomic mass is 19.3. The van der Waals surface area contributed by atoms with Crippen LogP contribution in [0.2, 0.25) is 0 Å². The van der Waals surface area contributed by atoms with Crippen LogP contribution in [-0.2, 0) is 27.2 Å². The number of ether oxygens (including phenoxy) is 2. The molecule has 0 saturated heterocycles. The fourth-order valence-corrected chi connectivity index (χ4v) is 3.18. The Morgan fingerprint density at radius 3 is 2.06 bits per heavy atom. The minimum Gasteiger partial charge on any atom is -0.455 e. The number of hydrogen-bond donors (Lipinski definition) is 1. The van der Waals surface area contributed by atoms with Gasteiger partial charge < -0.3 is 14.8 Å². The van der Waals surface area contributed by atoms with Crippen molar-refractivity contribution in [3.05, 3.63) is 102 Å². The molecule has 0 heterocycles. The van der Waals surface area contributed by atoms with Gasteiger partial charge in [0, 0.05) is 0 Å². The van der Waals surface area contributed by atoms with Crippen LogP contribution in [0, 0.1) is 0 Å². The van der Waals surface area contributed by atoms with Gasteiger partial charge in [0.25, 0.3) is 5.91 Å². The maximum Gasteiger partial charge on any atom is 0.387 e. The molecule has 0 radical (unpaired) electrons. The highest BCUT2D eigenvalue weighted by molar-refractivity contribution is 5.81. The second-order valence-electron chi connectivity index (χ2n) is 7.08. The molecule has 1 unspecified atom stereocenters. The van der Waals surface area contributed by atoms with Crippen molar-refractivity contribution in [2.45, 2.75) is 25.5 Å². The summed E-state index contributed by atoms with van der Waals surface area (Å²) >= 11 is 0. The molecule has 0 aliphatic heterocycles. The van der Waals surface area contributed by atoms with Crippen molar-refractivity contribution < 1.29 is 27.8 Å². The molecule has 0 saturated carbocycles. The third kappa shape index (κ3) is 7.50. The van der Waals surface area contributed by atoms with Crippen LogP contribution >= 0.6 is 0 Å². The van der Waals surface area contributed by atoms with Gasteiger partial charge in [-0.15, -0.1) is 0 Å². The summed E-state index contributed by atoms with van der Waals surface area (Å²) in [5.74, 6) is -1.01. The Labute approximate surface area is 185 Å². The molecule has 0 aliphatic carbocycles. The summed E-state index contributed by atoms with van der Waals surface area (Å²) in [5, 5.41) is 2.92. The van der Waals surface area contributed by atoms with E-state index in [9.17, 15) is 18.4 Å². The van der Waals surface area contributed by atoms with Crippen LogP contribution in [0.5, 0.6) is 5.75 Å². The molecule has 1 amide bonds. The molecule has 1 atom stereocenters. The first kappa shape index (κ1) is 22.9. The summed E-state index contributed by atoms with van der Waals surface area (Å²) < 4.78 is 33.7. The quantitative estimate of drug-likeness (QED) is 0.474. The van der Waals surface area contributed by atoms with Gasteiger partial charge in [0.1, 0.15) is 5.75 Å². The standard InChI is InChI=1S/C25H23F2NO4/c26-25(27)32-21-13-11-19(12-14-21)16-24(30)31-17-23(29)28-22(20-9-5-2-6-10-20)15-18-7-3-1-4-8-18/h1-14,22,25H,15-17H2,(H,28,29). The van der Waals surface area contributed by atoms with E-state index in [-0.39, 0.29) is 18.2 Å². The van der Waals surface area contributed by atoms with Crippen molar-refractivity contribution in [3.63, 3.8) is 0 Å². The lowest BCUT2D eigenvalue weighted by Crippen LogP contribution is -2.33. The van der Waals surface area contributed by atoms with Gasteiger partial charge in [-0.2, -0.15) is 8.78 Å². The molecular formula is C25H23F2NO4. The lowest BCUT2D eigenvalue weighted by Gasteiger charge is -2.19.